The molecule has 0 saturated heterocycles. The molecular formula is C16H9N2. The Labute approximate surface area is 104 Å². The summed E-state index contributed by atoms with van der Waals surface area (Å²) in [7, 11) is 0. The van der Waals surface area contributed by atoms with Crippen LogP contribution in [0.15, 0.2) is 54.6 Å². The number of benzene rings is 3. The van der Waals surface area contributed by atoms with Crippen molar-refractivity contribution in [2.75, 3.05) is 0 Å². The van der Waals surface area contributed by atoms with Gasteiger partial charge in [-0.3, -0.25) is 0 Å². The van der Waals surface area contributed by atoms with Crippen LogP contribution in [0.25, 0.3) is 32.8 Å². The van der Waals surface area contributed by atoms with E-state index in [4.69, 9.17) is 4.98 Å². The van der Waals surface area contributed by atoms with Gasteiger partial charge in [0, 0.05) is 5.39 Å². The third-order valence-electron chi connectivity index (χ3n) is 3.14. The maximum atomic E-state index is 4.72. The maximum absolute atomic E-state index is 4.72. The number of hydrogen-bond donors (Lipinski definition) is 0. The van der Waals surface area contributed by atoms with Crippen molar-refractivity contribution >= 4 is 32.8 Å². The first kappa shape index (κ1) is 9.54. The second-order valence-corrected chi connectivity index (χ2v) is 4.28. The van der Waals surface area contributed by atoms with Gasteiger partial charge >= 0.3 is 0 Å². The van der Waals surface area contributed by atoms with Crippen LogP contribution in [0.3, 0.4) is 0 Å². The molecular weight excluding hydrogens is 220 g/mol. The van der Waals surface area contributed by atoms with Crippen molar-refractivity contribution in [2.45, 2.75) is 0 Å². The van der Waals surface area contributed by atoms with Crippen molar-refractivity contribution in [1.29, 1.82) is 0 Å². The zero-order chi connectivity index (χ0) is 11.9. The van der Waals surface area contributed by atoms with E-state index < -0.39 is 0 Å². The molecule has 1 radical (unpaired) electrons. The van der Waals surface area contributed by atoms with Gasteiger partial charge in [0.05, 0.1) is 22.1 Å². The third-order valence-corrected chi connectivity index (χ3v) is 3.14. The molecule has 0 aliphatic rings. The van der Waals surface area contributed by atoms with E-state index in [1.807, 2.05) is 48.5 Å². The second-order valence-electron chi connectivity index (χ2n) is 4.28. The van der Waals surface area contributed by atoms with Crippen LogP contribution >= 0.6 is 0 Å². The quantitative estimate of drug-likeness (QED) is 0.339. The molecule has 1 heterocycles. The summed E-state index contributed by atoms with van der Waals surface area (Å²) >= 11 is 0. The monoisotopic (exact) mass is 229 g/mol. The SMILES string of the molecule is [c]1cc2nc3ccccc3nc2c2ccccc12. The molecule has 0 amide bonds. The summed E-state index contributed by atoms with van der Waals surface area (Å²) in [5, 5.41) is 2.18. The molecule has 0 saturated carbocycles. The van der Waals surface area contributed by atoms with E-state index in [0.717, 1.165) is 32.8 Å². The van der Waals surface area contributed by atoms with Crippen molar-refractivity contribution in [2.24, 2.45) is 0 Å². The Bertz CT molecular complexity index is 875. The van der Waals surface area contributed by atoms with Gasteiger partial charge in [0.25, 0.3) is 0 Å². The van der Waals surface area contributed by atoms with E-state index in [1.165, 1.54) is 0 Å². The zero-order valence-corrected chi connectivity index (χ0v) is 9.59. The molecule has 3 aromatic carbocycles. The Balaban J connectivity index is 2.27. The van der Waals surface area contributed by atoms with Gasteiger partial charge in [-0.15, -0.1) is 0 Å². The summed E-state index contributed by atoms with van der Waals surface area (Å²) in [6.45, 7) is 0. The summed E-state index contributed by atoms with van der Waals surface area (Å²) in [6.07, 6.45) is 0. The Morgan fingerprint density at radius 1 is 0.722 bits per heavy atom. The van der Waals surface area contributed by atoms with E-state index in [0.29, 0.717) is 0 Å². The molecule has 0 bridgehead atoms. The standard InChI is InChI=1S/C16H9N2/c1-2-6-12-11(5-1)9-10-15-16(12)18-14-8-4-3-7-13(14)17-15/h1-8,10H. The molecule has 0 aliphatic heterocycles. The van der Waals surface area contributed by atoms with Gasteiger partial charge in [-0.05, 0) is 29.7 Å². The van der Waals surface area contributed by atoms with Gasteiger partial charge in [0.2, 0.25) is 0 Å². The maximum Gasteiger partial charge on any atom is 0.0973 e. The normalized spacial score (nSPS) is 11.3. The van der Waals surface area contributed by atoms with Gasteiger partial charge in [-0.1, -0.05) is 36.4 Å². The molecule has 2 nitrogen and oxygen atoms in total. The Hall–Kier alpha value is -2.48. The predicted octanol–water partition coefficient (Wildman–Crippen LogP) is 3.74. The first-order valence-electron chi connectivity index (χ1n) is 5.88. The minimum atomic E-state index is 0.896. The Morgan fingerprint density at radius 3 is 2.33 bits per heavy atom. The van der Waals surface area contributed by atoms with E-state index >= 15 is 0 Å². The minimum Gasteiger partial charge on any atom is -0.244 e. The summed E-state index contributed by atoms with van der Waals surface area (Å²) in [4.78, 5) is 9.36. The largest absolute Gasteiger partial charge is 0.244 e. The lowest BCUT2D eigenvalue weighted by Gasteiger charge is -2.03. The number of hydrogen-bond acceptors (Lipinski definition) is 2. The lowest BCUT2D eigenvalue weighted by atomic mass is 10.1. The van der Waals surface area contributed by atoms with E-state index in [9.17, 15) is 0 Å². The Kier molecular flexibility index (Phi) is 1.86. The van der Waals surface area contributed by atoms with Crippen molar-refractivity contribution in [3.63, 3.8) is 0 Å². The van der Waals surface area contributed by atoms with Crippen LogP contribution in [0.4, 0.5) is 0 Å². The van der Waals surface area contributed by atoms with Crippen LogP contribution in [0.5, 0.6) is 0 Å². The van der Waals surface area contributed by atoms with Crippen molar-refractivity contribution in [3.8, 4) is 0 Å². The fourth-order valence-corrected chi connectivity index (χ4v) is 2.27. The highest BCUT2D eigenvalue weighted by molar-refractivity contribution is 6.05. The molecule has 0 fully saturated rings. The number of fused-ring (bicyclic) bond motifs is 4. The highest BCUT2D eigenvalue weighted by Gasteiger charge is 2.04. The molecule has 18 heavy (non-hydrogen) atoms. The molecule has 4 aromatic rings. The third kappa shape index (κ3) is 1.29. The fourth-order valence-electron chi connectivity index (χ4n) is 2.27. The summed E-state index contributed by atoms with van der Waals surface area (Å²) < 4.78 is 0. The molecule has 0 unspecified atom stereocenters. The van der Waals surface area contributed by atoms with Crippen LogP contribution in [0, 0.1) is 6.07 Å². The van der Waals surface area contributed by atoms with Gasteiger partial charge in [0.1, 0.15) is 0 Å². The van der Waals surface area contributed by atoms with Crippen LogP contribution in [-0.4, -0.2) is 9.97 Å². The molecule has 1 aromatic heterocycles. The first-order chi connectivity index (χ1) is 8.92. The Morgan fingerprint density at radius 2 is 1.44 bits per heavy atom. The molecule has 0 aliphatic carbocycles. The van der Waals surface area contributed by atoms with Crippen LogP contribution < -0.4 is 0 Å². The summed E-state index contributed by atoms with van der Waals surface area (Å²) in [6, 6.07) is 21.3. The predicted molar refractivity (Wildman–Crippen MR) is 73.4 cm³/mol. The van der Waals surface area contributed by atoms with E-state index in [1.54, 1.807) is 0 Å². The molecule has 83 valence electrons. The molecule has 4 rings (SSSR count). The van der Waals surface area contributed by atoms with E-state index in [-0.39, 0.29) is 0 Å². The van der Waals surface area contributed by atoms with Crippen LogP contribution in [-0.2, 0) is 0 Å². The van der Waals surface area contributed by atoms with Gasteiger partial charge in [-0.25, -0.2) is 9.97 Å². The van der Waals surface area contributed by atoms with Gasteiger partial charge < -0.3 is 0 Å². The zero-order valence-electron chi connectivity index (χ0n) is 9.59. The van der Waals surface area contributed by atoms with Crippen LogP contribution in [0.1, 0.15) is 0 Å². The lowest BCUT2D eigenvalue weighted by Crippen LogP contribution is -1.88. The lowest BCUT2D eigenvalue weighted by molar-refractivity contribution is 1.41. The van der Waals surface area contributed by atoms with Crippen LogP contribution in [0.2, 0.25) is 0 Å². The van der Waals surface area contributed by atoms with Gasteiger partial charge in [-0.2, -0.15) is 0 Å². The average Bonchev–Trinajstić information content (AvgIpc) is 2.45. The first-order valence-corrected chi connectivity index (χ1v) is 5.88. The van der Waals surface area contributed by atoms with Crippen molar-refractivity contribution in [3.05, 3.63) is 60.7 Å². The second kappa shape index (κ2) is 3.50. The summed E-state index contributed by atoms with van der Waals surface area (Å²) in [5.41, 5.74) is 3.70. The van der Waals surface area contributed by atoms with E-state index in [2.05, 4.69) is 17.1 Å². The fraction of sp³-hybridized carbons (Fsp3) is 0. The number of para-hydroxylation sites is 2. The average molecular weight is 229 g/mol. The van der Waals surface area contributed by atoms with Gasteiger partial charge in [0.15, 0.2) is 0 Å². The number of rotatable bonds is 0. The highest BCUT2D eigenvalue weighted by Crippen LogP contribution is 2.23. The van der Waals surface area contributed by atoms with Crippen molar-refractivity contribution in [1.82, 2.24) is 9.97 Å². The smallest absolute Gasteiger partial charge is 0.0973 e. The minimum absolute atomic E-state index is 0.896. The molecule has 2 heteroatoms. The summed E-state index contributed by atoms with van der Waals surface area (Å²) in [5.74, 6) is 0. The topological polar surface area (TPSA) is 25.8 Å². The highest BCUT2D eigenvalue weighted by atomic mass is 14.8. The number of aromatic nitrogens is 2. The molecule has 0 N–H and O–H groups in total. The number of nitrogens with zero attached hydrogens (tertiary/aromatic N) is 2. The molecule has 0 spiro atoms. The molecule has 0 atom stereocenters. The van der Waals surface area contributed by atoms with Crippen molar-refractivity contribution < 1.29 is 0 Å².